The van der Waals surface area contributed by atoms with E-state index in [4.69, 9.17) is 10.00 Å². The molecular weight excluding hydrogens is 342 g/mol. The van der Waals surface area contributed by atoms with Crippen LogP contribution in [0.25, 0.3) is 11.1 Å². The van der Waals surface area contributed by atoms with Crippen molar-refractivity contribution >= 4 is 0 Å². The van der Waals surface area contributed by atoms with Gasteiger partial charge in [-0.25, -0.2) is 0 Å². The Balaban J connectivity index is 1.64. The molecule has 0 N–H and O–H groups in total. The predicted molar refractivity (Wildman–Crippen MR) is 119 cm³/mol. The fraction of sp³-hybridized carbons (Fsp3) is 0.500. The first kappa shape index (κ1) is 22.0. The summed E-state index contributed by atoms with van der Waals surface area (Å²) in [6, 6.07) is 16.2. The third-order valence-electron chi connectivity index (χ3n) is 5.28. The van der Waals surface area contributed by atoms with E-state index in [1.54, 1.807) is 0 Å². The van der Waals surface area contributed by atoms with Crippen molar-refractivity contribution in [2.45, 2.75) is 78.1 Å². The van der Waals surface area contributed by atoms with E-state index < -0.39 is 0 Å². The van der Waals surface area contributed by atoms with Crippen molar-refractivity contribution in [1.29, 1.82) is 5.26 Å². The predicted octanol–water partition coefficient (Wildman–Crippen LogP) is 7.83. The van der Waals surface area contributed by atoms with Crippen LogP contribution in [0.3, 0.4) is 0 Å². The van der Waals surface area contributed by atoms with Crippen LogP contribution in [0, 0.1) is 18.3 Å². The van der Waals surface area contributed by atoms with E-state index in [0.717, 1.165) is 35.5 Å². The summed E-state index contributed by atoms with van der Waals surface area (Å²) in [4.78, 5) is 0. The minimum atomic E-state index is 0.692. The van der Waals surface area contributed by atoms with Crippen molar-refractivity contribution in [2.75, 3.05) is 6.61 Å². The highest BCUT2D eigenvalue weighted by Crippen LogP contribution is 2.26. The van der Waals surface area contributed by atoms with E-state index in [0.29, 0.717) is 5.56 Å². The van der Waals surface area contributed by atoms with Crippen molar-refractivity contribution in [1.82, 2.24) is 0 Å². The van der Waals surface area contributed by atoms with Crippen LogP contribution < -0.4 is 4.74 Å². The largest absolute Gasteiger partial charge is 0.493 e. The van der Waals surface area contributed by atoms with Gasteiger partial charge in [-0.15, -0.1) is 0 Å². The molecule has 0 heterocycles. The molecule has 0 aliphatic heterocycles. The number of benzene rings is 2. The highest BCUT2D eigenvalue weighted by Gasteiger charge is 2.04. The quantitative estimate of drug-likeness (QED) is 0.333. The van der Waals surface area contributed by atoms with E-state index >= 15 is 0 Å². The van der Waals surface area contributed by atoms with Crippen LogP contribution in [0.2, 0.25) is 0 Å². The van der Waals surface area contributed by atoms with E-state index in [1.807, 2.05) is 24.3 Å². The Morgan fingerprint density at radius 3 is 1.89 bits per heavy atom. The molecule has 0 fully saturated rings. The molecule has 2 rings (SSSR count). The second-order valence-electron chi connectivity index (χ2n) is 7.70. The van der Waals surface area contributed by atoms with E-state index in [1.165, 1.54) is 57.8 Å². The van der Waals surface area contributed by atoms with Gasteiger partial charge in [0.15, 0.2) is 0 Å². The molecule has 0 aromatic heterocycles. The maximum Gasteiger partial charge on any atom is 0.122 e. The Bertz CT molecular complexity index is 727. The van der Waals surface area contributed by atoms with Crippen LogP contribution in [0.4, 0.5) is 0 Å². The minimum Gasteiger partial charge on any atom is -0.493 e. The number of nitriles is 1. The zero-order chi connectivity index (χ0) is 20.0. The summed E-state index contributed by atoms with van der Waals surface area (Å²) >= 11 is 0. The molecule has 0 bridgehead atoms. The smallest absolute Gasteiger partial charge is 0.122 e. The number of ether oxygens (including phenoxy) is 1. The van der Waals surface area contributed by atoms with Gasteiger partial charge in [-0.1, -0.05) is 82.9 Å². The molecule has 0 radical (unpaired) electrons. The monoisotopic (exact) mass is 377 g/mol. The second-order valence-corrected chi connectivity index (χ2v) is 7.70. The summed E-state index contributed by atoms with van der Waals surface area (Å²) in [7, 11) is 0. The summed E-state index contributed by atoms with van der Waals surface area (Å²) in [6.45, 7) is 5.17. The molecule has 0 unspecified atom stereocenters. The molecule has 0 spiro atoms. The number of unbranched alkanes of at least 4 members (excludes halogenated alkanes) is 9. The fourth-order valence-corrected chi connectivity index (χ4v) is 3.50. The molecule has 28 heavy (non-hydrogen) atoms. The summed E-state index contributed by atoms with van der Waals surface area (Å²) in [6.07, 6.45) is 13.4. The molecule has 2 heteroatoms. The van der Waals surface area contributed by atoms with Gasteiger partial charge in [-0.05, 0) is 54.3 Å². The van der Waals surface area contributed by atoms with Gasteiger partial charge in [0, 0.05) is 0 Å². The Morgan fingerprint density at radius 1 is 0.750 bits per heavy atom. The highest BCUT2D eigenvalue weighted by molar-refractivity contribution is 5.66. The zero-order valence-corrected chi connectivity index (χ0v) is 17.7. The van der Waals surface area contributed by atoms with Gasteiger partial charge in [0.2, 0.25) is 0 Å². The standard InChI is InChI=1S/C26H35NO/c1-3-4-5-6-7-8-9-10-11-12-19-28-26-18-17-25(20-22(26)2)24-15-13-23(21-27)14-16-24/h13-18,20H,3-12,19H2,1-2H3. The van der Waals surface area contributed by atoms with Gasteiger partial charge in [0.05, 0.1) is 18.2 Å². The molecule has 150 valence electrons. The molecule has 0 aliphatic carbocycles. The fourth-order valence-electron chi connectivity index (χ4n) is 3.50. The number of hydrogen-bond acceptors (Lipinski definition) is 2. The topological polar surface area (TPSA) is 33.0 Å². The van der Waals surface area contributed by atoms with Crippen LogP contribution in [0.15, 0.2) is 42.5 Å². The zero-order valence-electron chi connectivity index (χ0n) is 17.7. The van der Waals surface area contributed by atoms with Crippen molar-refractivity contribution in [3.05, 3.63) is 53.6 Å². The maximum absolute atomic E-state index is 8.92. The van der Waals surface area contributed by atoms with Gasteiger partial charge in [0.1, 0.15) is 5.75 Å². The molecule has 0 saturated carbocycles. The molecule has 0 saturated heterocycles. The van der Waals surface area contributed by atoms with Gasteiger partial charge >= 0.3 is 0 Å². The first-order valence-corrected chi connectivity index (χ1v) is 11.0. The van der Waals surface area contributed by atoms with E-state index in [9.17, 15) is 0 Å². The summed E-state index contributed by atoms with van der Waals surface area (Å²) < 4.78 is 5.99. The van der Waals surface area contributed by atoms with Crippen molar-refractivity contribution in [2.24, 2.45) is 0 Å². The average molecular weight is 378 g/mol. The lowest BCUT2D eigenvalue weighted by Gasteiger charge is -2.11. The van der Waals surface area contributed by atoms with Gasteiger partial charge < -0.3 is 4.74 Å². The lowest BCUT2D eigenvalue weighted by molar-refractivity contribution is 0.302. The number of aryl methyl sites for hydroxylation is 1. The van der Waals surface area contributed by atoms with Crippen LogP contribution in [-0.4, -0.2) is 6.61 Å². The first-order chi connectivity index (χ1) is 13.7. The Morgan fingerprint density at radius 2 is 1.32 bits per heavy atom. The van der Waals surface area contributed by atoms with Crippen LogP contribution in [0.1, 0.15) is 82.3 Å². The number of nitrogens with zero attached hydrogens (tertiary/aromatic N) is 1. The molecule has 2 nitrogen and oxygen atoms in total. The lowest BCUT2D eigenvalue weighted by Crippen LogP contribution is -1.99. The van der Waals surface area contributed by atoms with Gasteiger partial charge in [-0.3, -0.25) is 0 Å². The van der Waals surface area contributed by atoms with E-state index in [2.05, 4.69) is 38.1 Å². The summed E-state index contributed by atoms with van der Waals surface area (Å²) in [5.41, 5.74) is 4.14. The Kier molecular flexibility index (Phi) is 10.2. The third-order valence-corrected chi connectivity index (χ3v) is 5.28. The molecule has 0 atom stereocenters. The molecule has 2 aromatic carbocycles. The average Bonchev–Trinajstić information content (AvgIpc) is 2.73. The Labute approximate surface area is 171 Å². The number of rotatable bonds is 13. The lowest BCUT2D eigenvalue weighted by atomic mass is 10.0. The minimum absolute atomic E-state index is 0.692. The van der Waals surface area contributed by atoms with Crippen molar-refractivity contribution in [3.8, 4) is 22.9 Å². The second kappa shape index (κ2) is 13.0. The first-order valence-electron chi connectivity index (χ1n) is 11.0. The van der Waals surface area contributed by atoms with E-state index in [-0.39, 0.29) is 0 Å². The Hall–Kier alpha value is -2.27. The SMILES string of the molecule is CCCCCCCCCCCCOc1ccc(-c2ccc(C#N)cc2)cc1C. The van der Waals surface area contributed by atoms with Crippen LogP contribution in [-0.2, 0) is 0 Å². The number of hydrogen-bond donors (Lipinski definition) is 0. The molecule has 0 amide bonds. The highest BCUT2D eigenvalue weighted by atomic mass is 16.5. The molecule has 0 aliphatic rings. The summed E-state index contributed by atoms with van der Waals surface area (Å²) in [5, 5.41) is 8.92. The van der Waals surface area contributed by atoms with Gasteiger partial charge in [-0.2, -0.15) is 5.26 Å². The normalized spacial score (nSPS) is 10.6. The van der Waals surface area contributed by atoms with Crippen LogP contribution in [0.5, 0.6) is 5.75 Å². The van der Waals surface area contributed by atoms with Gasteiger partial charge in [0.25, 0.3) is 0 Å². The van der Waals surface area contributed by atoms with Crippen molar-refractivity contribution in [3.63, 3.8) is 0 Å². The molecular formula is C26H35NO. The van der Waals surface area contributed by atoms with Crippen molar-refractivity contribution < 1.29 is 4.74 Å². The molecule has 2 aromatic rings. The van der Waals surface area contributed by atoms with Crippen LogP contribution >= 0.6 is 0 Å². The third kappa shape index (κ3) is 7.77. The summed E-state index contributed by atoms with van der Waals surface area (Å²) in [5.74, 6) is 0.980. The maximum atomic E-state index is 8.92.